The van der Waals surface area contributed by atoms with Gasteiger partial charge in [-0.25, -0.2) is 9.18 Å². The molecule has 1 aliphatic heterocycles. The molecule has 0 unspecified atom stereocenters. The number of hydrogen-bond acceptors (Lipinski definition) is 6. The lowest BCUT2D eigenvalue weighted by Gasteiger charge is -2.36. The van der Waals surface area contributed by atoms with Gasteiger partial charge in [-0.2, -0.15) is 0 Å². The second kappa shape index (κ2) is 9.88. The number of nitrogens with zero attached hydrogens (tertiary/aromatic N) is 2. The van der Waals surface area contributed by atoms with Crippen LogP contribution in [0, 0.1) is 5.82 Å². The van der Waals surface area contributed by atoms with Crippen molar-refractivity contribution in [1.29, 1.82) is 0 Å². The molecule has 0 saturated carbocycles. The van der Waals surface area contributed by atoms with Crippen LogP contribution in [0.15, 0.2) is 42.5 Å². The number of rotatable bonds is 6. The van der Waals surface area contributed by atoms with Gasteiger partial charge in [-0.3, -0.25) is 9.59 Å². The van der Waals surface area contributed by atoms with Crippen LogP contribution < -0.4 is 9.64 Å². The van der Waals surface area contributed by atoms with Crippen molar-refractivity contribution in [3.8, 4) is 5.75 Å². The molecular formula is C22H20F4N2O5. The van der Waals surface area contributed by atoms with E-state index in [-0.39, 0.29) is 30.0 Å². The zero-order chi connectivity index (χ0) is 24.2. The molecule has 2 aromatic carbocycles. The van der Waals surface area contributed by atoms with Crippen LogP contribution in [-0.4, -0.2) is 61.7 Å². The van der Waals surface area contributed by atoms with Gasteiger partial charge in [-0.05, 0) is 49.4 Å². The highest BCUT2D eigenvalue weighted by molar-refractivity contribution is 5.94. The number of halogens is 4. The van der Waals surface area contributed by atoms with E-state index in [9.17, 15) is 31.9 Å². The fraction of sp³-hybridized carbons (Fsp3) is 0.318. The normalized spacial score (nSPS) is 14.1. The molecule has 2 aromatic rings. The number of carbonyl (C=O) groups is 3. The number of piperazine rings is 1. The predicted molar refractivity (Wildman–Crippen MR) is 109 cm³/mol. The van der Waals surface area contributed by atoms with Gasteiger partial charge in [0, 0.05) is 31.7 Å². The Morgan fingerprint density at radius 3 is 2.09 bits per heavy atom. The van der Waals surface area contributed by atoms with Crippen LogP contribution in [0.5, 0.6) is 5.75 Å². The van der Waals surface area contributed by atoms with E-state index in [4.69, 9.17) is 4.74 Å². The molecule has 1 fully saturated rings. The fourth-order valence-electron chi connectivity index (χ4n) is 3.27. The third-order valence-corrected chi connectivity index (χ3v) is 4.98. The molecular weight excluding hydrogens is 448 g/mol. The zero-order valence-corrected chi connectivity index (χ0v) is 17.5. The van der Waals surface area contributed by atoms with Crippen molar-refractivity contribution in [2.45, 2.75) is 13.3 Å². The molecule has 176 valence electrons. The number of carbonyl (C=O) groups excluding carboxylic acids is 3. The number of esters is 1. The summed E-state index contributed by atoms with van der Waals surface area (Å²) in [7, 11) is 0. The summed E-state index contributed by atoms with van der Waals surface area (Å²) in [4.78, 5) is 39.0. The number of alkyl halides is 3. The molecule has 0 aliphatic carbocycles. The Kier molecular flexibility index (Phi) is 7.19. The minimum absolute atomic E-state index is 0.0355. The molecule has 1 heterocycles. The van der Waals surface area contributed by atoms with Gasteiger partial charge in [0.25, 0.3) is 5.91 Å². The van der Waals surface area contributed by atoms with Crippen molar-refractivity contribution in [2.75, 3.05) is 37.7 Å². The maximum atomic E-state index is 14.3. The number of Topliss-reactive ketones (excluding diaryl/α,β-unsaturated/α-hetero) is 1. The van der Waals surface area contributed by atoms with Crippen LogP contribution in [0.1, 0.15) is 27.6 Å². The molecule has 3 rings (SSSR count). The first-order chi connectivity index (χ1) is 15.5. The highest BCUT2D eigenvalue weighted by Gasteiger charge is 2.31. The van der Waals surface area contributed by atoms with Crippen LogP contribution >= 0.6 is 0 Å². The molecule has 11 heteroatoms. The van der Waals surface area contributed by atoms with Crippen LogP contribution in [0.2, 0.25) is 0 Å². The topological polar surface area (TPSA) is 76.2 Å². The lowest BCUT2D eigenvalue weighted by molar-refractivity contribution is -0.274. The minimum atomic E-state index is -4.84. The largest absolute Gasteiger partial charge is 0.573 e. The molecule has 1 aliphatic rings. The minimum Gasteiger partial charge on any atom is -0.452 e. The number of benzene rings is 2. The number of anilines is 1. The first-order valence-electron chi connectivity index (χ1n) is 9.89. The maximum Gasteiger partial charge on any atom is 0.573 e. The Hall–Kier alpha value is -3.63. The number of ether oxygens (including phenoxy) is 2. The van der Waals surface area contributed by atoms with Gasteiger partial charge in [0.2, 0.25) is 0 Å². The third-order valence-electron chi connectivity index (χ3n) is 4.98. The summed E-state index contributed by atoms with van der Waals surface area (Å²) in [6.45, 7) is 2.04. The van der Waals surface area contributed by atoms with Gasteiger partial charge >= 0.3 is 12.3 Å². The highest BCUT2D eigenvalue weighted by atomic mass is 19.4. The summed E-state index contributed by atoms with van der Waals surface area (Å²) in [5.41, 5.74) is 0.567. The quantitative estimate of drug-likeness (QED) is 0.367. The predicted octanol–water partition coefficient (Wildman–Crippen LogP) is 3.43. The molecule has 0 radical (unpaired) electrons. The van der Waals surface area contributed by atoms with Crippen molar-refractivity contribution < 1.29 is 41.4 Å². The van der Waals surface area contributed by atoms with Gasteiger partial charge in [0.05, 0.1) is 11.3 Å². The zero-order valence-electron chi connectivity index (χ0n) is 17.5. The molecule has 0 bridgehead atoms. The Morgan fingerprint density at radius 1 is 0.939 bits per heavy atom. The molecule has 33 heavy (non-hydrogen) atoms. The standard InChI is InChI=1S/C22H20F4N2O5/c1-14(29)16-4-7-19(18(23)12-16)27-8-10-28(11-9-27)20(30)13-32-21(31)15-2-5-17(6-3-15)33-22(24,25)26/h2-7,12H,8-11,13H2,1H3. The smallest absolute Gasteiger partial charge is 0.452 e. The Balaban J connectivity index is 1.48. The van der Waals surface area contributed by atoms with E-state index < -0.39 is 36.4 Å². The Morgan fingerprint density at radius 2 is 1.55 bits per heavy atom. The van der Waals surface area contributed by atoms with Crippen LogP contribution in [0.3, 0.4) is 0 Å². The first kappa shape index (κ1) is 24.0. The van der Waals surface area contributed by atoms with E-state index in [0.29, 0.717) is 18.8 Å². The average Bonchev–Trinajstić information content (AvgIpc) is 2.76. The molecule has 0 aromatic heterocycles. The van der Waals surface area contributed by atoms with Crippen molar-refractivity contribution in [1.82, 2.24) is 4.90 Å². The van der Waals surface area contributed by atoms with Crippen LogP contribution in [0.4, 0.5) is 23.2 Å². The maximum absolute atomic E-state index is 14.3. The fourth-order valence-corrected chi connectivity index (χ4v) is 3.27. The molecule has 0 spiro atoms. The van der Waals surface area contributed by atoms with Crippen LogP contribution in [-0.2, 0) is 9.53 Å². The van der Waals surface area contributed by atoms with E-state index in [1.54, 1.807) is 11.0 Å². The van der Waals surface area contributed by atoms with Crippen molar-refractivity contribution in [3.05, 3.63) is 59.4 Å². The molecule has 0 N–H and O–H groups in total. The summed E-state index contributed by atoms with van der Waals surface area (Å²) in [6.07, 6.45) is -4.84. The van der Waals surface area contributed by atoms with E-state index in [1.165, 1.54) is 24.0 Å². The summed E-state index contributed by atoms with van der Waals surface area (Å²) in [5, 5.41) is 0. The van der Waals surface area contributed by atoms with Gasteiger partial charge in [-0.15, -0.1) is 13.2 Å². The van der Waals surface area contributed by atoms with E-state index in [1.807, 2.05) is 0 Å². The average molecular weight is 468 g/mol. The van der Waals surface area contributed by atoms with Gasteiger partial charge < -0.3 is 19.3 Å². The second-order valence-corrected chi connectivity index (χ2v) is 7.24. The Labute approximate surface area is 186 Å². The van der Waals surface area contributed by atoms with Crippen molar-refractivity contribution in [3.63, 3.8) is 0 Å². The van der Waals surface area contributed by atoms with Gasteiger partial charge in [0.15, 0.2) is 12.4 Å². The third kappa shape index (κ3) is 6.43. The van der Waals surface area contributed by atoms with Crippen molar-refractivity contribution >= 4 is 23.3 Å². The lowest BCUT2D eigenvalue weighted by Crippen LogP contribution is -2.50. The van der Waals surface area contributed by atoms with Crippen LogP contribution in [0.25, 0.3) is 0 Å². The summed E-state index contributed by atoms with van der Waals surface area (Å²) < 4.78 is 59.6. The molecule has 1 saturated heterocycles. The van der Waals surface area contributed by atoms with E-state index in [2.05, 4.69) is 4.74 Å². The molecule has 0 atom stereocenters. The summed E-state index contributed by atoms with van der Waals surface area (Å²) in [5.74, 6) is -2.57. The van der Waals surface area contributed by atoms with Crippen molar-refractivity contribution in [2.24, 2.45) is 0 Å². The van der Waals surface area contributed by atoms with Gasteiger partial charge in [0.1, 0.15) is 11.6 Å². The Bertz CT molecular complexity index is 1030. The lowest BCUT2D eigenvalue weighted by atomic mass is 10.1. The summed E-state index contributed by atoms with van der Waals surface area (Å²) >= 11 is 0. The number of amides is 1. The van der Waals surface area contributed by atoms with E-state index in [0.717, 1.165) is 24.3 Å². The van der Waals surface area contributed by atoms with E-state index >= 15 is 0 Å². The molecule has 1 amide bonds. The monoisotopic (exact) mass is 468 g/mol. The highest BCUT2D eigenvalue weighted by Crippen LogP contribution is 2.24. The number of hydrogen-bond donors (Lipinski definition) is 0. The van der Waals surface area contributed by atoms with Gasteiger partial charge in [-0.1, -0.05) is 0 Å². The SMILES string of the molecule is CC(=O)c1ccc(N2CCN(C(=O)COC(=O)c3ccc(OC(F)(F)F)cc3)CC2)c(F)c1. The summed E-state index contributed by atoms with van der Waals surface area (Å²) in [6, 6.07) is 8.36. The molecule has 7 nitrogen and oxygen atoms in total. The second-order valence-electron chi connectivity index (χ2n) is 7.24. The first-order valence-corrected chi connectivity index (χ1v) is 9.89. The number of ketones is 1.